The molecule has 17 heavy (non-hydrogen) atoms. The Morgan fingerprint density at radius 2 is 2.06 bits per heavy atom. The summed E-state index contributed by atoms with van der Waals surface area (Å²) >= 11 is 5.98. The zero-order valence-corrected chi connectivity index (χ0v) is 11.8. The second kappa shape index (κ2) is 6.24. The van der Waals surface area contributed by atoms with Gasteiger partial charge in [0, 0.05) is 12.1 Å². The number of rotatable bonds is 3. The van der Waals surface area contributed by atoms with Crippen LogP contribution < -0.4 is 11.1 Å². The van der Waals surface area contributed by atoms with Gasteiger partial charge in [-0.1, -0.05) is 17.7 Å². The summed E-state index contributed by atoms with van der Waals surface area (Å²) in [6.45, 7) is 6.04. The third-order valence-corrected chi connectivity index (χ3v) is 2.39. The van der Waals surface area contributed by atoms with Gasteiger partial charge in [-0.25, -0.2) is 0 Å². The van der Waals surface area contributed by atoms with Gasteiger partial charge in [0.1, 0.15) is 0 Å². The number of hydrogen-bond acceptors (Lipinski definition) is 2. The van der Waals surface area contributed by atoms with Crippen molar-refractivity contribution in [3.05, 3.63) is 34.3 Å². The Labute approximate surface area is 113 Å². The highest BCUT2D eigenvalue weighted by Crippen LogP contribution is 2.17. The van der Waals surface area contributed by atoms with E-state index >= 15 is 0 Å². The molecule has 0 unspecified atom stereocenters. The monoisotopic (exact) mass is 276 g/mol. The number of nitrogens with one attached hydrogen (secondary N) is 1. The van der Waals surface area contributed by atoms with Crippen LogP contribution in [-0.4, -0.2) is 18.0 Å². The topological polar surface area (TPSA) is 55.1 Å². The van der Waals surface area contributed by atoms with Gasteiger partial charge in [0.15, 0.2) is 0 Å². The molecule has 0 radical (unpaired) electrons. The second-order valence-corrected chi connectivity index (χ2v) is 5.06. The van der Waals surface area contributed by atoms with E-state index in [0.717, 1.165) is 5.56 Å². The van der Waals surface area contributed by atoms with Gasteiger partial charge in [0.25, 0.3) is 5.91 Å². The van der Waals surface area contributed by atoms with Crippen molar-refractivity contribution < 1.29 is 4.79 Å². The van der Waals surface area contributed by atoms with E-state index in [1.807, 2.05) is 26.8 Å². The minimum atomic E-state index is -0.424. The Morgan fingerprint density at radius 3 is 2.53 bits per heavy atom. The Morgan fingerprint density at radius 1 is 1.47 bits per heavy atom. The number of hydrogen-bond donors (Lipinski definition) is 2. The van der Waals surface area contributed by atoms with Crippen LogP contribution in [0, 0.1) is 6.92 Å². The third-order valence-electron chi connectivity index (χ3n) is 2.07. The van der Waals surface area contributed by atoms with Gasteiger partial charge in [0.05, 0.1) is 10.6 Å². The molecule has 0 saturated carbocycles. The predicted octanol–water partition coefficient (Wildman–Crippen LogP) is 2.54. The summed E-state index contributed by atoms with van der Waals surface area (Å²) in [5.41, 5.74) is 6.86. The summed E-state index contributed by atoms with van der Waals surface area (Å²) in [7, 11) is 0. The molecule has 0 aromatic heterocycles. The van der Waals surface area contributed by atoms with Crippen molar-refractivity contribution in [2.75, 3.05) is 6.54 Å². The van der Waals surface area contributed by atoms with Gasteiger partial charge in [-0.15, -0.1) is 12.4 Å². The SMILES string of the molecule is Cc1ccc(C(=O)NCC(C)(C)N)c(Cl)c1.Cl. The maximum atomic E-state index is 11.8. The highest BCUT2D eigenvalue weighted by molar-refractivity contribution is 6.33. The normalized spacial score (nSPS) is 10.6. The van der Waals surface area contributed by atoms with Crippen LogP contribution in [-0.2, 0) is 0 Å². The Kier molecular flexibility index (Phi) is 5.96. The number of nitrogens with two attached hydrogens (primary N) is 1. The minimum Gasteiger partial charge on any atom is -0.350 e. The smallest absolute Gasteiger partial charge is 0.252 e. The average Bonchev–Trinajstić information content (AvgIpc) is 2.13. The number of halogens is 2. The van der Waals surface area contributed by atoms with Crippen molar-refractivity contribution in [2.24, 2.45) is 5.73 Å². The van der Waals surface area contributed by atoms with E-state index in [9.17, 15) is 4.79 Å². The first-order chi connectivity index (χ1) is 7.29. The average molecular weight is 277 g/mol. The number of amides is 1. The predicted molar refractivity (Wildman–Crippen MR) is 74.0 cm³/mol. The van der Waals surface area contributed by atoms with E-state index in [0.29, 0.717) is 17.1 Å². The summed E-state index contributed by atoms with van der Waals surface area (Å²) in [6, 6.07) is 5.34. The van der Waals surface area contributed by atoms with Crippen LogP contribution in [0.3, 0.4) is 0 Å². The third kappa shape index (κ3) is 5.39. The molecule has 96 valence electrons. The Hall–Kier alpha value is -0.770. The molecule has 3 nitrogen and oxygen atoms in total. The lowest BCUT2D eigenvalue weighted by Gasteiger charge is -2.19. The highest BCUT2D eigenvalue weighted by Gasteiger charge is 2.15. The maximum Gasteiger partial charge on any atom is 0.252 e. The fourth-order valence-corrected chi connectivity index (χ4v) is 1.53. The van der Waals surface area contributed by atoms with Crippen LogP contribution in [0.2, 0.25) is 5.02 Å². The summed E-state index contributed by atoms with van der Waals surface area (Å²) in [4.78, 5) is 11.8. The summed E-state index contributed by atoms with van der Waals surface area (Å²) in [5.74, 6) is -0.191. The Balaban J connectivity index is 0.00000256. The maximum absolute atomic E-state index is 11.8. The number of aryl methyl sites for hydroxylation is 1. The molecule has 1 aromatic carbocycles. The van der Waals surface area contributed by atoms with E-state index in [1.54, 1.807) is 12.1 Å². The number of benzene rings is 1. The molecule has 0 aliphatic rings. The first-order valence-corrected chi connectivity index (χ1v) is 5.50. The zero-order chi connectivity index (χ0) is 12.3. The van der Waals surface area contributed by atoms with Crippen LogP contribution in [0.25, 0.3) is 0 Å². The first-order valence-electron chi connectivity index (χ1n) is 5.13. The lowest BCUT2D eigenvalue weighted by molar-refractivity contribution is 0.0946. The van der Waals surface area contributed by atoms with Crippen LogP contribution >= 0.6 is 24.0 Å². The van der Waals surface area contributed by atoms with Gasteiger partial charge in [-0.2, -0.15) is 0 Å². The summed E-state index contributed by atoms with van der Waals surface area (Å²) in [5, 5.41) is 3.22. The minimum absolute atomic E-state index is 0. The molecule has 0 aliphatic carbocycles. The van der Waals surface area contributed by atoms with E-state index in [4.69, 9.17) is 17.3 Å². The van der Waals surface area contributed by atoms with Crippen molar-refractivity contribution in [2.45, 2.75) is 26.3 Å². The molecule has 0 saturated heterocycles. The van der Waals surface area contributed by atoms with Crippen molar-refractivity contribution in [3.8, 4) is 0 Å². The molecule has 0 heterocycles. The lowest BCUT2D eigenvalue weighted by atomic mass is 10.1. The van der Waals surface area contributed by atoms with Gasteiger partial charge in [0.2, 0.25) is 0 Å². The molecule has 5 heteroatoms. The van der Waals surface area contributed by atoms with Gasteiger partial charge in [-0.3, -0.25) is 4.79 Å². The molecular formula is C12H18Cl2N2O. The Bertz CT molecular complexity index is 400. The van der Waals surface area contributed by atoms with E-state index in [1.165, 1.54) is 0 Å². The number of carbonyl (C=O) groups is 1. The molecule has 1 amide bonds. The first kappa shape index (κ1) is 16.2. The van der Waals surface area contributed by atoms with Gasteiger partial charge >= 0.3 is 0 Å². The molecule has 0 fully saturated rings. The molecule has 0 bridgehead atoms. The van der Waals surface area contributed by atoms with Gasteiger partial charge < -0.3 is 11.1 Å². The van der Waals surface area contributed by atoms with Crippen LogP contribution in [0.15, 0.2) is 18.2 Å². The number of carbonyl (C=O) groups excluding carboxylic acids is 1. The summed E-state index contributed by atoms with van der Waals surface area (Å²) in [6.07, 6.45) is 0. The molecule has 1 rings (SSSR count). The molecular weight excluding hydrogens is 259 g/mol. The molecule has 0 aliphatic heterocycles. The molecule has 3 N–H and O–H groups in total. The summed E-state index contributed by atoms with van der Waals surface area (Å²) < 4.78 is 0. The standard InChI is InChI=1S/C12H17ClN2O.ClH/c1-8-4-5-9(10(13)6-8)11(16)15-7-12(2,3)14;/h4-6H,7,14H2,1-3H3,(H,15,16);1H. The van der Waals surface area contributed by atoms with Crippen molar-refractivity contribution in [1.29, 1.82) is 0 Å². The van der Waals surface area contributed by atoms with Crippen molar-refractivity contribution in [3.63, 3.8) is 0 Å². The molecule has 0 atom stereocenters. The van der Waals surface area contributed by atoms with E-state index in [-0.39, 0.29) is 18.3 Å². The molecule has 0 spiro atoms. The molecule has 1 aromatic rings. The second-order valence-electron chi connectivity index (χ2n) is 4.65. The quantitative estimate of drug-likeness (QED) is 0.892. The van der Waals surface area contributed by atoms with Crippen molar-refractivity contribution in [1.82, 2.24) is 5.32 Å². The lowest BCUT2D eigenvalue weighted by Crippen LogP contribution is -2.45. The van der Waals surface area contributed by atoms with E-state index < -0.39 is 5.54 Å². The highest BCUT2D eigenvalue weighted by atomic mass is 35.5. The van der Waals surface area contributed by atoms with Crippen LogP contribution in [0.4, 0.5) is 0 Å². The van der Waals surface area contributed by atoms with Crippen LogP contribution in [0.5, 0.6) is 0 Å². The van der Waals surface area contributed by atoms with Crippen molar-refractivity contribution >= 4 is 29.9 Å². The van der Waals surface area contributed by atoms with Gasteiger partial charge in [-0.05, 0) is 38.5 Å². The fourth-order valence-electron chi connectivity index (χ4n) is 1.21. The fraction of sp³-hybridized carbons (Fsp3) is 0.417. The van der Waals surface area contributed by atoms with Crippen LogP contribution in [0.1, 0.15) is 29.8 Å². The van der Waals surface area contributed by atoms with E-state index in [2.05, 4.69) is 5.32 Å². The zero-order valence-electron chi connectivity index (χ0n) is 10.2. The largest absolute Gasteiger partial charge is 0.350 e.